The van der Waals surface area contributed by atoms with Crippen molar-refractivity contribution in [2.24, 2.45) is 16.5 Å². The van der Waals surface area contributed by atoms with Crippen molar-refractivity contribution in [1.29, 1.82) is 0 Å². The van der Waals surface area contributed by atoms with Crippen molar-refractivity contribution in [2.45, 2.75) is 50.6 Å². The molecule has 4 rings (SSSR count). The van der Waals surface area contributed by atoms with Gasteiger partial charge in [-0.15, -0.1) is 0 Å². The zero-order valence-electron chi connectivity index (χ0n) is 16.6. The van der Waals surface area contributed by atoms with Crippen LogP contribution >= 0.6 is 0 Å². The molecule has 1 aromatic heterocycles. The molecule has 1 atom stereocenters. The maximum Gasteiger partial charge on any atom is 0.417 e. The molecule has 0 amide bonds. The van der Waals surface area contributed by atoms with Crippen LogP contribution in [0.2, 0.25) is 0 Å². The van der Waals surface area contributed by atoms with E-state index >= 15 is 0 Å². The number of nitrogens with two attached hydrogens (primary N) is 2. The molecule has 0 bridgehead atoms. The van der Waals surface area contributed by atoms with Crippen LogP contribution in [0.5, 0.6) is 5.75 Å². The molecule has 0 saturated heterocycles. The summed E-state index contributed by atoms with van der Waals surface area (Å²) in [7, 11) is 1.69. The lowest BCUT2D eigenvalue weighted by Crippen LogP contribution is -2.43. The molecule has 2 heterocycles. The Bertz CT molecular complexity index is 970. The molecule has 1 unspecified atom stereocenters. The molecule has 0 spiro atoms. The van der Waals surface area contributed by atoms with E-state index in [-0.39, 0.29) is 34.9 Å². The van der Waals surface area contributed by atoms with Gasteiger partial charge in [0, 0.05) is 12.6 Å². The van der Waals surface area contributed by atoms with E-state index in [1.54, 1.807) is 24.1 Å². The summed E-state index contributed by atoms with van der Waals surface area (Å²) in [6.45, 7) is 0. The van der Waals surface area contributed by atoms with Gasteiger partial charge in [-0.25, -0.2) is 4.98 Å². The van der Waals surface area contributed by atoms with E-state index in [0.717, 1.165) is 38.2 Å². The summed E-state index contributed by atoms with van der Waals surface area (Å²) in [4.78, 5) is 10.2. The molecule has 0 radical (unpaired) electrons. The first-order chi connectivity index (χ1) is 14.3. The first kappa shape index (κ1) is 20.5. The number of hydrogen-bond acceptors (Lipinski definition) is 6. The molecular formula is C21H24F3N5O. The van der Waals surface area contributed by atoms with E-state index < -0.39 is 17.9 Å². The van der Waals surface area contributed by atoms with Gasteiger partial charge in [-0.05, 0) is 49.9 Å². The summed E-state index contributed by atoms with van der Waals surface area (Å²) < 4.78 is 47.6. The Morgan fingerprint density at radius 1 is 1.10 bits per heavy atom. The van der Waals surface area contributed by atoms with Crippen molar-refractivity contribution in [3.8, 4) is 17.0 Å². The van der Waals surface area contributed by atoms with Crippen molar-refractivity contribution < 1.29 is 17.9 Å². The van der Waals surface area contributed by atoms with Gasteiger partial charge in [-0.3, -0.25) is 0 Å². The highest BCUT2D eigenvalue weighted by atomic mass is 19.4. The number of ether oxygens (including phenoxy) is 1. The van der Waals surface area contributed by atoms with E-state index in [2.05, 4.69) is 9.98 Å². The Morgan fingerprint density at radius 3 is 2.53 bits per heavy atom. The highest BCUT2D eigenvalue weighted by Crippen LogP contribution is 2.43. The number of aromatic nitrogens is 1. The number of guanidine groups is 1. The number of aliphatic imine (C=N–C) groups is 1. The second-order valence-corrected chi connectivity index (χ2v) is 7.69. The van der Waals surface area contributed by atoms with Crippen molar-refractivity contribution >= 4 is 11.8 Å². The quantitative estimate of drug-likeness (QED) is 0.773. The molecular weight excluding hydrogens is 395 g/mol. The lowest BCUT2D eigenvalue weighted by Gasteiger charge is -2.30. The lowest BCUT2D eigenvalue weighted by atomic mass is 9.97. The van der Waals surface area contributed by atoms with Crippen molar-refractivity contribution in [1.82, 2.24) is 9.88 Å². The monoisotopic (exact) mass is 419 g/mol. The smallest absolute Gasteiger partial charge is 0.417 e. The molecule has 4 N–H and O–H groups in total. The fourth-order valence-corrected chi connectivity index (χ4v) is 3.95. The minimum Gasteiger partial charge on any atom is -0.490 e. The molecule has 1 fully saturated rings. The first-order valence-corrected chi connectivity index (χ1v) is 9.96. The number of rotatable bonds is 3. The zero-order valence-corrected chi connectivity index (χ0v) is 16.6. The topological polar surface area (TPSA) is 89.8 Å². The Labute approximate surface area is 172 Å². The predicted molar refractivity (Wildman–Crippen MR) is 108 cm³/mol. The van der Waals surface area contributed by atoms with Crippen LogP contribution in [0.3, 0.4) is 0 Å². The van der Waals surface area contributed by atoms with Crippen LogP contribution in [-0.4, -0.2) is 29.0 Å². The number of alkyl halides is 3. The van der Waals surface area contributed by atoms with Crippen LogP contribution in [-0.2, 0) is 6.18 Å². The SMILES string of the molecule is CN1C(N)=Nc2nc(-c3c(OC4CCCCC4)cccc3C(F)(F)F)ccc2C1N. The Kier molecular flexibility index (Phi) is 5.31. The van der Waals surface area contributed by atoms with Crippen molar-refractivity contribution in [3.05, 3.63) is 41.5 Å². The zero-order chi connectivity index (χ0) is 21.5. The Balaban J connectivity index is 1.82. The average molecular weight is 419 g/mol. The van der Waals surface area contributed by atoms with Gasteiger partial charge >= 0.3 is 6.18 Å². The second kappa shape index (κ2) is 7.79. The minimum absolute atomic E-state index is 0.0837. The standard InChI is InChI=1S/C21H24F3N5O/c1-29-18(25)13-10-11-15(27-19(13)28-20(29)26)17-14(21(22,23)24)8-5-9-16(17)30-12-6-3-2-4-7-12/h5,8-12,18H,2-4,6-7,25H2,1H3,(H2,26,27,28). The van der Waals surface area contributed by atoms with Gasteiger partial charge in [0.15, 0.2) is 11.8 Å². The second-order valence-electron chi connectivity index (χ2n) is 7.69. The minimum atomic E-state index is -4.56. The van der Waals surface area contributed by atoms with Gasteiger partial charge in [-0.2, -0.15) is 18.2 Å². The number of hydrogen-bond donors (Lipinski definition) is 2. The van der Waals surface area contributed by atoms with Gasteiger partial charge < -0.3 is 21.1 Å². The average Bonchev–Trinajstić information content (AvgIpc) is 2.72. The van der Waals surface area contributed by atoms with Crippen LogP contribution in [0.15, 0.2) is 35.3 Å². The maximum atomic E-state index is 13.8. The van der Waals surface area contributed by atoms with E-state index in [4.69, 9.17) is 16.2 Å². The Morgan fingerprint density at radius 2 is 1.83 bits per heavy atom. The molecule has 2 aromatic rings. The normalized spacial score (nSPS) is 20.0. The summed E-state index contributed by atoms with van der Waals surface area (Å²) in [5.41, 5.74) is 11.9. The third kappa shape index (κ3) is 3.81. The fourth-order valence-electron chi connectivity index (χ4n) is 3.95. The van der Waals surface area contributed by atoms with Gasteiger partial charge in [-0.1, -0.05) is 12.5 Å². The van der Waals surface area contributed by atoms with E-state index in [0.29, 0.717) is 5.56 Å². The molecule has 1 aliphatic carbocycles. The molecule has 30 heavy (non-hydrogen) atoms. The number of pyridine rings is 1. The molecule has 6 nitrogen and oxygen atoms in total. The third-order valence-corrected chi connectivity index (χ3v) is 5.66. The molecule has 160 valence electrons. The number of nitrogens with zero attached hydrogens (tertiary/aromatic N) is 3. The van der Waals surface area contributed by atoms with Crippen LogP contribution < -0.4 is 16.2 Å². The van der Waals surface area contributed by atoms with Gasteiger partial charge in [0.1, 0.15) is 11.9 Å². The summed E-state index contributed by atoms with van der Waals surface area (Å²) in [6.07, 6.45) is -0.437. The van der Waals surface area contributed by atoms with Crippen LogP contribution in [0.25, 0.3) is 11.3 Å². The van der Waals surface area contributed by atoms with Crippen LogP contribution in [0, 0.1) is 0 Å². The summed E-state index contributed by atoms with van der Waals surface area (Å²) >= 11 is 0. The van der Waals surface area contributed by atoms with Crippen LogP contribution in [0.1, 0.15) is 49.4 Å². The lowest BCUT2D eigenvalue weighted by molar-refractivity contribution is -0.137. The Hall–Kier alpha value is -2.81. The van der Waals surface area contributed by atoms with Gasteiger partial charge in [0.2, 0.25) is 0 Å². The van der Waals surface area contributed by atoms with Gasteiger partial charge in [0.05, 0.1) is 22.9 Å². The molecule has 1 aromatic carbocycles. The highest BCUT2D eigenvalue weighted by Gasteiger charge is 2.36. The van der Waals surface area contributed by atoms with E-state index in [1.807, 2.05) is 0 Å². The largest absolute Gasteiger partial charge is 0.490 e. The number of halogens is 3. The van der Waals surface area contributed by atoms with E-state index in [1.165, 1.54) is 12.1 Å². The molecule has 2 aliphatic rings. The van der Waals surface area contributed by atoms with Gasteiger partial charge in [0.25, 0.3) is 0 Å². The summed E-state index contributed by atoms with van der Waals surface area (Å²) in [5.74, 6) is 0.553. The first-order valence-electron chi connectivity index (χ1n) is 9.96. The predicted octanol–water partition coefficient (Wildman–Crippen LogP) is 4.33. The summed E-state index contributed by atoms with van der Waals surface area (Å²) in [6, 6.07) is 7.15. The fraction of sp³-hybridized carbons (Fsp3) is 0.429. The molecule has 1 saturated carbocycles. The third-order valence-electron chi connectivity index (χ3n) is 5.66. The molecule has 9 heteroatoms. The number of benzene rings is 1. The van der Waals surface area contributed by atoms with Crippen molar-refractivity contribution in [3.63, 3.8) is 0 Å². The molecule has 1 aliphatic heterocycles. The van der Waals surface area contributed by atoms with Crippen LogP contribution in [0.4, 0.5) is 19.0 Å². The van der Waals surface area contributed by atoms with Crippen molar-refractivity contribution in [2.75, 3.05) is 7.05 Å². The number of fused-ring (bicyclic) bond motifs is 1. The maximum absolute atomic E-state index is 13.8. The highest BCUT2D eigenvalue weighted by molar-refractivity contribution is 5.84. The summed E-state index contributed by atoms with van der Waals surface area (Å²) in [5, 5.41) is 0. The van der Waals surface area contributed by atoms with E-state index in [9.17, 15) is 13.2 Å².